The highest BCUT2D eigenvalue weighted by Crippen LogP contribution is 2.44. The molecule has 1 atom stereocenters. The van der Waals surface area contributed by atoms with Crippen molar-refractivity contribution in [3.8, 4) is 16.3 Å². The van der Waals surface area contributed by atoms with E-state index in [1.165, 1.54) is 11.3 Å². The van der Waals surface area contributed by atoms with Crippen LogP contribution < -0.4 is 10.3 Å². The van der Waals surface area contributed by atoms with E-state index in [0.717, 1.165) is 21.1 Å². The molecule has 2 aromatic rings. The Labute approximate surface area is 141 Å². The molecule has 122 valence electrons. The van der Waals surface area contributed by atoms with Crippen LogP contribution >= 0.6 is 19.9 Å². The Morgan fingerprint density at radius 3 is 2.65 bits per heavy atom. The summed E-state index contributed by atoms with van der Waals surface area (Å²) >= 11 is 1.53. The number of benzene rings is 1. The van der Waals surface area contributed by atoms with Gasteiger partial charge >= 0.3 is 8.60 Å². The van der Waals surface area contributed by atoms with E-state index in [-0.39, 0.29) is 6.73 Å². The van der Waals surface area contributed by atoms with E-state index in [1.54, 1.807) is 12.2 Å². The maximum atomic E-state index is 5.85. The van der Waals surface area contributed by atoms with Crippen molar-refractivity contribution in [3.63, 3.8) is 0 Å². The number of hydrogen-bond donors (Lipinski definition) is 1. The lowest BCUT2D eigenvalue weighted by atomic mass is 10.2. The third-order valence-corrected chi connectivity index (χ3v) is 5.04. The maximum Gasteiger partial charge on any atom is 0.398 e. The molecule has 0 aliphatic rings. The van der Waals surface area contributed by atoms with Crippen LogP contribution in [0.5, 0.6) is 5.75 Å². The predicted octanol–water partition coefficient (Wildman–Crippen LogP) is 4.67. The van der Waals surface area contributed by atoms with Crippen molar-refractivity contribution >= 4 is 32.1 Å². The summed E-state index contributed by atoms with van der Waals surface area (Å²) in [6.45, 7) is 9.97. The summed E-state index contributed by atoms with van der Waals surface area (Å²) in [5.41, 5.74) is 7.09. The first-order valence-electron chi connectivity index (χ1n) is 7.02. The number of thiazole rings is 1. The first-order valence-corrected chi connectivity index (χ1v) is 8.93. The Kier molecular flexibility index (Phi) is 6.89. The average molecular weight is 350 g/mol. The van der Waals surface area contributed by atoms with E-state index in [4.69, 9.17) is 19.3 Å². The largest absolute Gasteiger partial charge is 0.426 e. The molecule has 1 aromatic heterocycles. The number of hydrogen-bond acceptors (Lipinski definition) is 6. The standard InChI is InChI=1S/C16H19N2O3PS/c1-4-13-15(5-2)23-16(18-13)12-9-7-8-10-14(12)21-22(19-6-3)20-11-17/h4-5,7-10H,1-2,6,11,17H2,3H3. The van der Waals surface area contributed by atoms with Crippen molar-refractivity contribution in [1.82, 2.24) is 4.98 Å². The number of aromatic nitrogens is 1. The van der Waals surface area contributed by atoms with Crippen molar-refractivity contribution in [2.24, 2.45) is 5.73 Å². The van der Waals surface area contributed by atoms with Gasteiger partial charge in [-0.2, -0.15) is 0 Å². The lowest BCUT2D eigenvalue weighted by Gasteiger charge is -2.16. The summed E-state index contributed by atoms with van der Waals surface area (Å²) in [6, 6.07) is 7.61. The smallest absolute Gasteiger partial charge is 0.398 e. The van der Waals surface area contributed by atoms with Gasteiger partial charge in [0.05, 0.1) is 22.7 Å². The molecular formula is C16H19N2O3PS. The van der Waals surface area contributed by atoms with Gasteiger partial charge in [-0.15, -0.1) is 11.3 Å². The third kappa shape index (κ3) is 4.47. The van der Waals surface area contributed by atoms with Crippen LogP contribution in [-0.4, -0.2) is 18.3 Å². The van der Waals surface area contributed by atoms with Crippen molar-refractivity contribution in [2.75, 3.05) is 13.3 Å². The summed E-state index contributed by atoms with van der Waals surface area (Å²) < 4.78 is 16.6. The molecule has 0 amide bonds. The van der Waals surface area contributed by atoms with Crippen molar-refractivity contribution in [2.45, 2.75) is 6.92 Å². The quantitative estimate of drug-likeness (QED) is 0.526. The molecule has 1 aromatic carbocycles. The fourth-order valence-electron chi connectivity index (χ4n) is 1.81. The van der Waals surface area contributed by atoms with Crippen LogP contribution in [0.3, 0.4) is 0 Å². The van der Waals surface area contributed by atoms with E-state index in [1.807, 2.05) is 31.2 Å². The molecule has 1 heterocycles. The average Bonchev–Trinajstić information content (AvgIpc) is 2.99. The highest BCUT2D eigenvalue weighted by Gasteiger charge is 2.18. The molecule has 5 nitrogen and oxygen atoms in total. The molecule has 0 aliphatic heterocycles. The van der Waals surface area contributed by atoms with E-state index in [2.05, 4.69) is 18.1 Å². The molecule has 0 radical (unpaired) electrons. The first-order chi connectivity index (χ1) is 11.2. The lowest BCUT2D eigenvalue weighted by Crippen LogP contribution is -2.05. The Balaban J connectivity index is 2.35. The van der Waals surface area contributed by atoms with Gasteiger partial charge in [-0.3, -0.25) is 4.52 Å². The Morgan fingerprint density at radius 2 is 2.04 bits per heavy atom. The second kappa shape index (κ2) is 8.91. The zero-order chi connectivity index (χ0) is 16.7. The Bertz CT molecular complexity index is 644. The molecule has 0 aliphatic carbocycles. The third-order valence-electron chi connectivity index (χ3n) is 2.76. The summed E-state index contributed by atoms with van der Waals surface area (Å²) in [7, 11) is -1.54. The minimum atomic E-state index is -1.54. The van der Waals surface area contributed by atoms with Crippen molar-refractivity contribution < 1.29 is 13.6 Å². The summed E-state index contributed by atoms with van der Waals surface area (Å²) in [5.74, 6) is 0.639. The zero-order valence-electron chi connectivity index (χ0n) is 12.9. The predicted molar refractivity (Wildman–Crippen MR) is 97.0 cm³/mol. The van der Waals surface area contributed by atoms with Gasteiger partial charge in [0.1, 0.15) is 17.5 Å². The highest BCUT2D eigenvalue weighted by atomic mass is 32.1. The van der Waals surface area contributed by atoms with E-state index in [9.17, 15) is 0 Å². The van der Waals surface area contributed by atoms with Gasteiger partial charge < -0.3 is 14.8 Å². The van der Waals surface area contributed by atoms with Crippen LogP contribution in [0.25, 0.3) is 22.7 Å². The molecule has 1 unspecified atom stereocenters. The van der Waals surface area contributed by atoms with Gasteiger partial charge in [0, 0.05) is 0 Å². The Morgan fingerprint density at radius 1 is 1.26 bits per heavy atom. The van der Waals surface area contributed by atoms with Crippen LogP contribution in [0.1, 0.15) is 17.5 Å². The van der Waals surface area contributed by atoms with Crippen LogP contribution in [0.2, 0.25) is 0 Å². The van der Waals surface area contributed by atoms with Crippen LogP contribution in [0.4, 0.5) is 0 Å². The van der Waals surface area contributed by atoms with Crippen molar-refractivity contribution in [3.05, 3.63) is 48.0 Å². The molecule has 0 fully saturated rings. The molecule has 2 N–H and O–H groups in total. The summed E-state index contributed by atoms with van der Waals surface area (Å²) in [6.07, 6.45) is 3.48. The second-order valence-electron chi connectivity index (χ2n) is 4.20. The molecule has 0 saturated heterocycles. The number of nitrogens with zero attached hydrogens (tertiary/aromatic N) is 1. The monoisotopic (exact) mass is 350 g/mol. The number of rotatable bonds is 9. The van der Waals surface area contributed by atoms with E-state index < -0.39 is 8.60 Å². The topological polar surface area (TPSA) is 66.6 Å². The number of para-hydroxylation sites is 1. The minimum Gasteiger partial charge on any atom is -0.426 e. The van der Waals surface area contributed by atoms with E-state index in [0.29, 0.717) is 12.4 Å². The Hall–Kier alpha value is -1.56. The van der Waals surface area contributed by atoms with Crippen LogP contribution in [-0.2, 0) is 9.05 Å². The van der Waals surface area contributed by atoms with Gasteiger partial charge in [0.2, 0.25) is 0 Å². The highest BCUT2D eigenvalue weighted by molar-refractivity contribution is 7.42. The van der Waals surface area contributed by atoms with Gasteiger partial charge in [0.25, 0.3) is 0 Å². The molecule has 0 saturated carbocycles. The molecule has 7 heteroatoms. The van der Waals surface area contributed by atoms with Crippen molar-refractivity contribution in [1.29, 1.82) is 0 Å². The zero-order valence-corrected chi connectivity index (χ0v) is 14.6. The normalized spacial score (nSPS) is 11.9. The molecule has 0 spiro atoms. The SMILES string of the molecule is C=Cc1nc(-c2ccccc2OP(OCC)OCN)sc1C=C. The van der Waals surface area contributed by atoms with E-state index >= 15 is 0 Å². The fraction of sp³-hybridized carbons (Fsp3) is 0.188. The number of nitrogens with two attached hydrogens (primary N) is 1. The molecular weight excluding hydrogens is 331 g/mol. The van der Waals surface area contributed by atoms with Crippen LogP contribution in [0.15, 0.2) is 37.4 Å². The second-order valence-corrected chi connectivity index (χ2v) is 6.38. The van der Waals surface area contributed by atoms with Gasteiger partial charge in [-0.1, -0.05) is 25.3 Å². The van der Waals surface area contributed by atoms with Crippen LogP contribution in [0, 0.1) is 0 Å². The molecule has 0 bridgehead atoms. The molecule has 23 heavy (non-hydrogen) atoms. The summed E-state index contributed by atoms with van der Waals surface area (Å²) in [4.78, 5) is 5.55. The molecule has 2 rings (SSSR count). The van der Waals surface area contributed by atoms with Gasteiger partial charge in [-0.05, 0) is 31.2 Å². The first kappa shape index (κ1) is 17.8. The van der Waals surface area contributed by atoms with Gasteiger partial charge in [-0.25, -0.2) is 4.98 Å². The minimum absolute atomic E-state index is 0.0341. The fourth-order valence-corrected chi connectivity index (χ4v) is 3.59. The lowest BCUT2D eigenvalue weighted by molar-refractivity contribution is 0.217. The van der Waals surface area contributed by atoms with Gasteiger partial charge in [0.15, 0.2) is 0 Å². The maximum absolute atomic E-state index is 5.85. The summed E-state index contributed by atoms with van der Waals surface area (Å²) in [5, 5.41) is 0.824.